The molecule has 3 N–H and O–H groups in total. The SMILES string of the molecule is CC1(C)CCC(CN2CCN(c3ccc(C(=O)NS(=O)(=O)c4cccc([N+](=O)[O-])c4NC4CCN(S(C)(=O)=O)CC4)c(Oc4ccc5[nH]ccc5c4)c3)CC2)=C(c2ccc(Cl)cc2)C1. The Morgan fingerprint density at radius 1 is 0.938 bits per heavy atom. The van der Waals surface area contributed by atoms with Crippen molar-refractivity contribution in [3.8, 4) is 11.5 Å². The van der Waals surface area contributed by atoms with Crippen LogP contribution in [-0.2, 0) is 20.0 Å². The number of ether oxygens (including phenoxy) is 1. The number of piperidine rings is 1. The first-order valence-corrected chi connectivity index (χ1v) is 25.0. The molecule has 2 fully saturated rings. The van der Waals surface area contributed by atoms with E-state index in [2.05, 4.69) is 50.8 Å². The third-order valence-electron chi connectivity index (χ3n) is 12.5. The van der Waals surface area contributed by atoms with Gasteiger partial charge in [-0.3, -0.25) is 19.8 Å². The number of nitro benzene ring substituents is 1. The van der Waals surface area contributed by atoms with Crippen molar-refractivity contribution in [1.29, 1.82) is 0 Å². The molecular weight excluding hydrogens is 878 g/mol. The van der Waals surface area contributed by atoms with E-state index in [1.54, 1.807) is 24.4 Å². The van der Waals surface area contributed by atoms with Gasteiger partial charge in [0, 0.05) is 91.8 Å². The Morgan fingerprint density at radius 2 is 1.67 bits per heavy atom. The number of nitro groups is 1. The summed E-state index contributed by atoms with van der Waals surface area (Å²) in [6.45, 7) is 8.86. The summed E-state index contributed by atoms with van der Waals surface area (Å²) in [5.74, 6) is -0.438. The number of nitrogens with zero attached hydrogens (tertiary/aromatic N) is 4. The number of nitrogens with one attached hydrogen (secondary N) is 3. The number of piperazine rings is 1. The van der Waals surface area contributed by atoms with E-state index in [1.165, 1.54) is 45.3 Å². The molecule has 8 rings (SSSR count). The van der Waals surface area contributed by atoms with Gasteiger partial charge in [0.2, 0.25) is 10.0 Å². The van der Waals surface area contributed by atoms with Gasteiger partial charge in [-0.25, -0.2) is 25.9 Å². The number of anilines is 2. The first-order chi connectivity index (χ1) is 30.4. The van der Waals surface area contributed by atoms with Crippen LogP contribution in [0.4, 0.5) is 17.1 Å². The van der Waals surface area contributed by atoms with Crippen LogP contribution in [0.25, 0.3) is 16.5 Å². The van der Waals surface area contributed by atoms with Gasteiger partial charge in [-0.15, -0.1) is 0 Å². The number of carbonyl (C=O) groups excluding carboxylic acids is 1. The van der Waals surface area contributed by atoms with Gasteiger partial charge in [0.25, 0.3) is 21.6 Å². The van der Waals surface area contributed by atoms with Crippen molar-refractivity contribution < 1.29 is 31.3 Å². The summed E-state index contributed by atoms with van der Waals surface area (Å²) in [5.41, 5.74) is 5.12. The largest absolute Gasteiger partial charge is 0.456 e. The topological polar surface area (TPSA) is 187 Å². The molecule has 338 valence electrons. The number of hydrogen-bond donors (Lipinski definition) is 3. The number of aromatic amines is 1. The highest BCUT2D eigenvalue weighted by atomic mass is 35.5. The molecule has 0 spiro atoms. The zero-order valence-electron chi connectivity index (χ0n) is 36.0. The summed E-state index contributed by atoms with van der Waals surface area (Å²) in [7, 11) is -8.17. The van der Waals surface area contributed by atoms with Crippen molar-refractivity contribution in [2.75, 3.05) is 62.3 Å². The molecule has 64 heavy (non-hydrogen) atoms. The normalized spacial score (nSPS) is 18.0. The number of halogens is 1. The van der Waals surface area contributed by atoms with Gasteiger partial charge in [0.15, 0.2) is 0 Å². The van der Waals surface area contributed by atoms with Gasteiger partial charge in [-0.2, -0.15) is 0 Å². The van der Waals surface area contributed by atoms with E-state index in [1.807, 2.05) is 30.3 Å². The van der Waals surface area contributed by atoms with E-state index in [4.69, 9.17) is 16.3 Å². The monoisotopic (exact) mass is 929 g/mol. The number of para-hydroxylation sites is 1. The third-order valence-corrected chi connectivity index (χ3v) is 15.4. The zero-order valence-corrected chi connectivity index (χ0v) is 38.4. The number of fused-ring (bicyclic) bond motifs is 1. The van der Waals surface area contributed by atoms with Gasteiger partial charge >= 0.3 is 0 Å². The lowest BCUT2D eigenvalue weighted by molar-refractivity contribution is -0.384. The second kappa shape index (κ2) is 18.2. The first kappa shape index (κ1) is 45.1. The summed E-state index contributed by atoms with van der Waals surface area (Å²) in [5, 5.41) is 16.8. The molecule has 4 aromatic carbocycles. The highest BCUT2D eigenvalue weighted by Gasteiger charge is 2.33. The smallest absolute Gasteiger partial charge is 0.293 e. The van der Waals surface area contributed by atoms with Crippen molar-refractivity contribution in [2.45, 2.75) is 56.9 Å². The van der Waals surface area contributed by atoms with Crippen molar-refractivity contribution in [2.24, 2.45) is 5.41 Å². The van der Waals surface area contributed by atoms with E-state index in [-0.39, 0.29) is 48.3 Å². The Labute approximate surface area is 378 Å². The standard InChI is InChI=1S/C46H52ClN7O8S2/c1-46(2)19-15-33(39(29-46)31-7-9-34(47)10-8-31)30-51-23-25-52(26-24-51)36-11-13-38(42(28-36)62-37-12-14-40-32(27-37)16-20-48-40)45(55)50-64(60,61)43-6-4-5-41(54(56)57)44(43)49-35-17-21-53(22-18-35)63(3,58)59/h4-14,16,20,27-28,35,48-49H,15,17-19,21-26,29-30H2,1-3H3,(H,50,55). The number of aromatic nitrogens is 1. The summed E-state index contributed by atoms with van der Waals surface area (Å²) in [6.07, 6.45) is 6.63. The molecule has 3 heterocycles. The van der Waals surface area contributed by atoms with E-state index in [0.717, 1.165) is 66.8 Å². The van der Waals surface area contributed by atoms with Crippen LogP contribution >= 0.6 is 11.6 Å². The van der Waals surface area contributed by atoms with Crippen LogP contribution in [0.5, 0.6) is 11.5 Å². The lowest BCUT2D eigenvalue weighted by atomic mass is 9.72. The van der Waals surface area contributed by atoms with E-state index < -0.39 is 47.5 Å². The fraction of sp³-hybridized carbons (Fsp3) is 0.370. The highest BCUT2D eigenvalue weighted by Crippen LogP contribution is 2.44. The molecule has 3 aliphatic rings. The molecule has 0 unspecified atom stereocenters. The van der Waals surface area contributed by atoms with Crippen molar-refractivity contribution in [3.63, 3.8) is 0 Å². The second-order valence-electron chi connectivity index (χ2n) is 17.6. The van der Waals surface area contributed by atoms with Crippen LogP contribution in [0.3, 0.4) is 0 Å². The van der Waals surface area contributed by atoms with Crippen molar-refractivity contribution >= 4 is 71.1 Å². The molecule has 5 aromatic rings. The lowest BCUT2D eigenvalue weighted by Gasteiger charge is -2.39. The average molecular weight is 931 g/mol. The average Bonchev–Trinajstić information content (AvgIpc) is 3.73. The number of carbonyl (C=O) groups is 1. The molecular formula is C46H52ClN7O8S2. The molecule has 15 nitrogen and oxygen atoms in total. The second-order valence-corrected chi connectivity index (χ2v) is 21.7. The fourth-order valence-electron chi connectivity index (χ4n) is 8.91. The Hall–Kier alpha value is -5.46. The van der Waals surface area contributed by atoms with Gasteiger partial charge in [-0.05, 0) is 103 Å². The van der Waals surface area contributed by atoms with Crippen LogP contribution in [0.15, 0.2) is 102 Å². The number of hydrogen-bond acceptors (Lipinski definition) is 11. The number of benzene rings is 4. The number of H-pyrrole nitrogens is 1. The van der Waals surface area contributed by atoms with Crippen molar-refractivity contribution in [3.05, 3.63) is 123 Å². The molecule has 18 heteroatoms. The van der Waals surface area contributed by atoms with Crippen LogP contribution in [0.2, 0.25) is 5.02 Å². The number of allylic oxidation sites excluding steroid dienone is 1. The van der Waals surface area contributed by atoms with Gasteiger partial charge in [0.05, 0.1) is 16.7 Å². The maximum absolute atomic E-state index is 14.1. The molecule has 0 bridgehead atoms. The van der Waals surface area contributed by atoms with Gasteiger partial charge < -0.3 is 19.9 Å². The molecule has 2 saturated heterocycles. The predicted molar refractivity (Wildman–Crippen MR) is 250 cm³/mol. The minimum atomic E-state index is -4.73. The number of rotatable bonds is 13. The van der Waals surface area contributed by atoms with Gasteiger partial charge in [0.1, 0.15) is 22.1 Å². The summed E-state index contributed by atoms with van der Waals surface area (Å²) in [4.78, 5) is 33.0. The van der Waals surface area contributed by atoms with Crippen LogP contribution < -0.4 is 19.7 Å². The predicted octanol–water partition coefficient (Wildman–Crippen LogP) is 8.26. The van der Waals surface area contributed by atoms with Crippen LogP contribution in [0.1, 0.15) is 61.9 Å². The highest BCUT2D eigenvalue weighted by molar-refractivity contribution is 7.90. The summed E-state index contributed by atoms with van der Waals surface area (Å²) >= 11 is 6.24. The molecule has 2 aliphatic heterocycles. The quantitative estimate of drug-likeness (QED) is 0.0762. The Balaban J connectivity index is 1.03. The third kappa shape index (κ3) is 10.2. The van der Waals surface area contributed by atoms with Crippen LogP contribution in [-0.4, -0.2) is 100.0 Å². The molecule has 1 aliphatic carbocycles. The maximum atomic E-state index is 14.1. The molecule has 0 atom stereocenters. The van der Waals surface area contributed by atoms with E-state index in [0.29, 0.717) is 18.8 Å². The summed E-state index contributed by atoms with van der Waals surface area (Å²) in [6, 6.07) is 23.6. The zero-order chi connectivity index (χ0) is 45.4. The van der Waals surface area contributed by atoms with Crippen LogP contribution in [0, 0.1) is 15.5 Å². The maximum Gasteiger partial charge on any atom is 0.293 e. The van der Waals surface area contributed by atoms with Gasteiger partial charge in [-0.1, -0.05) is 49.2 Å². The van der Waals surface area contributed by atoms with E-state index >= 15 is 0 Å². The fourth-order valence-corrected chi connectivity index (χ4v) is 11.1. The lowest BCUT2D eigenvalue weighted by Crippen LogP contribution is -2.47. The molecule has 0 saturated carbocycles. The van der Waals surface area contributed by atoms with E-state index in [9.17, 15) is 31.7 Å². The number of amides is 1. The molecule has 0 radical (unpaired) electrons. The summed E-state index contributed by atoms with van der Waals surface area (Å²) < 4.78 is 62.2. The Bertz CT molecular complexity index is 2830. The Morgan fingerprint density at radius 3 is 2.38 bits per heavy atom. The Kier molecular flexibility index (Phi) is 12.8. The minimum Gasteiger partial charge on any atom is -0.456 e. The number of sulfonamides is 2. The minimum absolute atomic E-state index is 0.0601. The molecule has 1 aromatic heterocycles. The first-order valence-electron chi connectivity index (χ1n) is 21.3. The van der Waals surface area contributed by atoms with Crippen molar-refractivity contribution in [1.82, 2.24) is 18.9 Å². The molecule has 1 amide bonds.